The average molecular weight is 502 g/mol. The molecule has 1 aliphatic heterocycles. The van der Waals surface area contributed by atoms with Gasteiger partial charge in [0.25, 0.3) is 0 Å². The van der Waals surface area contributed by atoms with Gasteiger partial charge in [0, 0.05) is 56.8 Å². The van der Waals surface area contributed by atoms with Crippen molar-refractivity contribution in [1.29, 1.82) is 5.41 Å². The molecule has 1 fully saturated rings. The second-order valence-electron chi connectivity index (χ2n) is 7.95. The number of nitrogens with one attached hydrogen (secondary N) is 1. The molecule has 1 aromatic heterocycles. The SMILES string of the molecule is CC.CCCN(CCC)c1cc(N)nc(OCCN2CCOCC2)c1.N=Cc1cccc(C(=O)O)c1. The zero-order chi connectivity index (χ0) is 26.8. The maximum Gasteiger partial charge on any atom is 0.335 e. The van der Waals surface area contributed by atoms with Gasteiger partial charge in [0.2, 0.25) is 5.88 Å². The number of nitrogens with two attached hydrogens (primary N) is 1. The molecule has 0 saturated carbocycles. The van der Waals surface area contributed by atoms with E-state index in [9.17, 15) is 4.79 Å². The molecule has 0 unspecified atom stereocenters. The van der Waals surface area contributed by atoms with Crippen molar-refractivity contribution in [2.75, 3.05) is 63.2 Å². The van der Waals surface area contributed by atoms with Gasteiger partial charge in [-0.2, -0.15) is 4.98 Å². The Morgan fingerprint density at radius 2 is 1.86 bits per heavy atom. The number of morpholine rings is 1. The summed E-state index contributed by atoms with van der Waals surface area (Å²) in [7, 11) is 0. The van der Waals surface area contributed by atoms with Crippen LogP contribution in [0.3, 0.4) is 0 Å². The third kappa shape index (κ3) is 11.5. The van der Waals surface area contributed by atoms with Crippen molar-refractivity contribution < 1.29 is 19.4 Å². The summed E-state index contributed by atoms with van der Waals surface area (Å²) in [5.74, 6) is 0.167. The fraction of sp³-hybridized carbons (Fsp3) is 0.519. The molecule has 2 heterocycles. The molecular formula is C27H43N5O4. The van der Waals surface area contributed by atoms with Gasteiger partial charge in [-0.15, -0.1) is 0 Å². The second kappa shape index (κ2) is 18.1. The number of ether oxygens (including phenoxy) is 2. The van der Waals surface area contributed by atoms with Gasteiger partial charge in [-0.05, 0) is 30.5 Å². The molecule has 9 heteroatoms. The molecule has 0 amide bonds. The predicted molar refractivity (Wildman–Crippen MR) is 147 cm³/mol. The summed E-state index contributed by atoms with van der Waals surface area (Å²) in [5.41, 5.74) is 7.87. The van der Waals surface area contributed by atoms with E-state index in [1.165, 1.54) is 12.1 Å². The van der Waals surface area contributed by atoms with Gasteiger partial charge in [0.1, 0.15) is 12.4 Å². The number of aromatic nitrogens is 1. The number of aromatic carboxylic acids is 1. The number of hydrogen-bond donors (Lipinski definition) is 3. The first-order chi connectivity index (χ1) is 17.5. The first-order valence-electron chi connectivity index (χ1n) is 12.8. The van der Waals surface area contributed by atoms with E-state index in [1.807, 2.05) is 26.0 Å². The van der Waals surface area contributed by atoms with Crippen LogP contribution in [0.1, 0.15) is 56.5 Å². The lowest BCUT2D eigenvalue weighted by Gasteiger charge is -2.26. The topological polar surface area (TPSA) is 125 Å². The summed E-state index contributed by atoms with van der Waals surface area (Å²) in [6, 6.07) is 10.2. The Morgan fingerprint density at radius 1 is 1.19 bits per heavy atom. The summed E-state index contributed by atoms with van der Waals surface area (Å²) in [4.78, 5) is 19.4. The summed E-state index contributed by atoms with van der Waals surface area (Å²) in [6.07, 6.45) is 3.33. The Hall–Kier alpha value is -3.17. The zero-order valence-electron chi connectivity index (χ0n) is 22.2. The third-order valence-corrected chi connectivity index (χ3v) is 5.22. The van der Waals surface area contributed by atoms with E-state index in [0.29, 0.717) is 23.9 Å². The maximum atomic E-state index is 10.4. The van der Waals surface area contributed by atoms with Crippen molar-refractivity contribution in [3.8, 4) is 5.88 Å². The minimum absolute atomic E-state index is 0.214. The van der Waals surface area contributed by atoms with Crippen LogP contribution in [0.25, 0.3) is 0 Å². The molecular weight excluding hydrogens is 458 g/mol. The van der Waals surface area contributed by atoms with Crippen molar-refractivity contribution in [3.63, 3.8) is 0 Å². The van der Waals surface area contributed by atoms with Crippen LogP contribution in [0, 0.1) is 5.41 Å². The predicted octanol–water partition coefficient (Wildman–Crippen LogP) is 4.41. The first kappa shape index (κ1) is 30.9. The Labute approximate surface area is 215 Å². The van der Waals surface area contributed by atoms with Gasteiger partial charge in [0.05, 0.1) is 18.8 Å². The third-order valence-electron chi connectivity index (χ3n) is 5.22. The van der Waals surface area contributed by atoms with E-state index >= 15 is 0 Å². The van der Waals surface area contributed by atoms with Crippen LogP contribution < -0.4 is 15.4 Å². The molecule has 0 aliphatic carbocycles. The smallest absolute Gasteiger partial charge is 0.335 e. The van der Waals surface area contributed by atoms with E-state index in [1.54, 1.807) is 12.1 Å². The monoisotopic (exact) mass is 501 g/mol. The molecule has 200 valence electrons. The highest BCUT2D eigenvalue weighted by molar-refractivity contribution is 5.90. The Morgan fingerprint density at radius 3 is 2.44 bits per heavy atom. The second-order valence-corrected chi connectivity index (χ2v) is 7.95. The molecule has 0 atom stereocenters. The Bertz CT molecular complexity index is 897. The largest absolute Gasteiger partial charge is 0.478 e. The molecule has 9 nitrogen and oxygen atoms in total. The van der Waals surface area contributed by atoms with Crippen LogP contribution in [0.2, 0.25) is 0 Å². The Kier molecular flexibility index (Phi) is 15.6. The van der Waals surface area contributed by atoms with Crippen molar-refractivity contribution in [2.24, 2.45) is 0 Å². The van der Waals surface area contributed by atoms with Crippen LogP contribution in [0.5, 0.6) is 5.88 Å². The molecule has 0 bridgehead atoms. The average Bonchev–Trinajstić information content (AvgIpc) is 2.90. The highest BCUT2D eigenvalue weighted by Gasteiger charge is 2.12. The van der Waals surface area contributed by atoms with Crippen molar-refractivity contribution >= 4 is 23.7 Å². The van der Waals surface area contributed by atoms with Crippen LogP contribution in [0.4, 0.5) is 11.5 Å². The van der Waals surface area contributed by atoms with Gasteiger partial charge in [-0.25, -0.2) is 4.79 Å². The lowest BCUT2D eigenvalue weighted by molar-refractivity contribution is 0.0320. The van der Waals surface area contributed by atoms with E-state index in [-0.39, 0.29) is 5.56 Å². The summed E-state index contributed by atoms with van der Waals surface area (Å²) in [6.45, 7) is 15.5. The number of anilines is 2. The number of pyridine rings is 1. The molecule has 4 N–H and O–H groups in total. The van der Waals surface area contributed by atoms with Gasteiger partial charge in [-0.3, -0.25) is 4.90 Å². The van der Waals surface area contributed by atoms with E-state index in [0.717, 1.165) is 70.7 Å². The number of carboxylic acid groups (broad SMARTS) is 1. The molecule has 1 aromatic carbocycles. The number of benzene rings is 1. The standard InChI is InChI=1S/C17H30N4O2.C8H7NO2.C2H6/c1-3-5-21(6-4-2)15-13-16(18)19-17(14-15)23-12-9-20-7-10-22-11-8-20;9-5-6-2-1-3-7(4-6)8(10)11;1-2/h13-14H,3-12H2,1-2H3,(H2,18,19);1-5,9H,(H,10,11);1-2H3. The number of nitrogen functional groups attached to an aromatic ring is 1. The number of carboxylic acids is 1. The van der Waals surface area contributed by atoms with E-state index in [2.05, 4.69) is 28.6 Å². The fourth-order valence-electron chi connectivity index (χ4n) is 3.54. The van der Waals surface area contributed by atoms with Crippen molar-refractivity contribution in [3.05, 3.63) is 47.5 Å². The number of nitrogens with zero attached hydrogens (tertiary/aromatic N) is 3. The lowest BCUT2D eigenvalue weighted by atomic mass is 10.1. The molecule has 0 spiro atoms. The molecule has 3 rings (SSSR count). The van der Waals surface area contributed by atoms with Gasteiger partial charge < -0.3 is 30.6 Å². The summed E-state index contributed by atoms with van der Waals surface area (Å²) < 4.78 is 11.2. The first-order valence-corrected chi connectivity index (χ1v) is 12.8. The van der Waals surface area contributed by atoms with Gasteiger partial charge >= 0.3 is 5.97 Å². The Balaban J connectivity index is 0.000000417. The highest BCUT2D eigenvalue weighted by atomic mass is 16.5. The maximum absolute atomic E-state index is 10.4. The van der Waals surface area contributed by atoms with Gasteiger partial charge in [0.15, 0.2) is 0 Å². The van der Waals surface area contributed by atoms with Crippen LogP contribution >= 0.6 is 0 Å². The van der Waals surface area contributed by atoms with E-state index in [4.69, 9.17) is 25.7 Å². The minimum Gasteiger partial charge on any atom is -0.478 e. The van der Waals surface area contributed by atoms with Gasteiger partial charge in [-0.1, -0.05) is 39.8 Å². The number of carbonyl (C=O) groups is 1. The van der Waals surface area contributed by atoms with Crippen LogP contribution in [-0.2, 0) is 4.74 Å². The molecule has 0 radical (unpaired) electrons. The molecule has 36 heavy (non-hydrogen) atoms. The van der Waals surface area contributed by atoms with E-state index < -0.39 is 5.97 Å². The van der Waals surface area contributed by atoms with Crippen LogP contribution in [0.15, 0.2) is 36.4 Å². The van der Waals surface area contributed by atoms with Crippen LogP contribution in [-0.4, -0.2) is 79.7 Å². The number of rotatable bonds is 11. The number of hydrogen-bond acceptors (Lipinski definition) is 8. The molecule has 2 aromatic rings. The fourth-order valence-corrected chi connectivity index (χ4v) is 3.54. The lowest BCUT2D eigenvalue weighted by Crippen LogP contribution is -2.38. The molecule has 1 saturated heterocycles. The van der Waals surface area contributed by atoms with Crippen molar-refractivity contribution in [1.82, 2.24) is 9.88 Å². The normalized spacial score (nSPS) is 12.9. The minimum atomic E-state index is -0.964. The molecule has 1 aliphatic rings. The quantitative estimate of drug-likeness (QED) is 0.387. The highest BCUT2D eigenvalue weighted by Crippen LogP contribution is 2.23. The van der Waals surface area contributed by atoms with Crippen molar-refractivity contribution in [2.45, 2.75) is 40.5 Å². The summed E-state index contributed by atoms with van der Waals surface area (Å²) >= 11 is 0. The zero-order valence-corrected chi connectivity index (χ0v) is 22.2. The summed E-state index contributed by atoms with van der Waals surface area (Å²) in [5, 5.41) is 15.4.